The summed E-state index contributed by atoms with van der Waals surface area (Å²) in [6, 6.07) is 7.09. The minimum atomic E-state index is -1.28. The van der Waals surface area contributed by atoms with E-state index in [4.69, 9.17) is 18.9 Å². The van der Waals surface area contributed by atoms with Crippen molar-refractivity contribution in [3.63, 3.8) is 0 Å². The van der Waals surface area contributed by atoms with Crippen molar-refractivity contribution < 1.29 is 28.5 Å². The van der Waals surface area contributed by atoms with Gasteiger partial charge in [-0.1, -0.05) is 24.3 Å². The standard InChI is InChI=1S/C16H16O6/c1-3-20-15-10-11(14(18)21-15)16(19-2)9-7-5-4-6-8(9)12(17)13(10)22-16/h4-7,10-11,13,15H,3H2,1-2H3/t10-,11-,13-,15+,16-/m1/s1. The average molecular weight is 304 g/mol. The first-order chi connectivity index (χ1) is 10.6. The summed E-state index contributed by atoms with van der Waals surface area (Å²) in [7, 11) is 1.48. The average Bonchev–Trinajstić information content (AvgIpc) is 3.02. The van der Waals surface area contributed by atoms with Crippen LogP contribution in [0.5, 0.6) is 0 Å². The molecule has 0 N–H and O–H groups in total. The first kappa shape index (κ1) is 13.9. The van der Waals surface area contributed by atoms with E-state index in [0.717, 1.165) is 0 Å². The van der Waals surface area contributed by atoms with E-state index in [2.05, 4.69) is 0 Å². The van der Waals surface area contributed by atoms with Crippen LogP contribution in [0.4, 0.5) is 0 Å². The Bertz CT molecular complexity index is 656. The third-order valence-electron chi connectivity index (χ3n) is 4.71. The highest BCUT2D eigenvalue weighted by Crippen LogP contribution is 2.57. The van der Waals surface area contributed by atoms with E-state index in [1.54, 1.807) is 24.3 Å². The molecule has 6 nitrogen and oxygen atoms in total. The lowest BCUT2D eigenvalue weighted by molar-refractivity contribution is -0.244. The Labute approximate surface area is 127 Å². The molecule has 0 unspecified atom stereocenters. The first-order valence-electron chi connectivity index (χ1n) is 7.33. The van der Waals surface area contributed by atoms with Crippen LogP contribution in [0.25, 0.3) is 0 Å². The number of cyclic esters (lactones) is 1. The Balaban J connectivity index is 1.90. The molecule has 22 heavy (non-hydrogen) atoms. The number of methoxy groups -OCH3 is 1. The molecule has 0 saturated carbocycles. The van der Waals surface area contributed by atoms with Gasteiger partial charge in [-0.2, -0.15) is 0 Å². The van der Waals surface area contributed by atoms with Crippen molar-refractivity contribution in [2.24, 2.45) is 11.8 Å². The smallest absolute Gasteiger partial charge is 0.317 e. The molecular weight excluding hydrogens is 288 g/mol. The molecule has 0 spiro atoms. The second-order valence-corrected chi connectivity index (χ2v) is 5.64. The van der Waals surface area contributed by atoms with Gasteiger partial charge < -0.3 is 18.9 Å². The molecule has 2 fully saturated rings. The number of hydrogen-bond donors (Lipinski definition) is 0. The Kier molecular flexibility index (Phi) is 2.91. The zero-order valence-electron chi connectivity index (χ0n) is 12.3. The third-order valence-corrected chi connectivity index (χ3v) is 4.71. The molecule has 116 valence electrons. The highest BCUT2D eigenvalue weighted by Gasteiger charge is 2.71. The molecular formula is C16H16O6. The summed E-state index contributed by atoms with van der Waals surface area (Å²) in [5.41, 5.74) is 1.12. The Hall–Kier alpha value is -1.76. The van der Waals surface area contributed by atoms with E-state index in [-0.39, 0.29) is 5.78 Å². The van der Waals surface area contributed by atoms with E-state index in [0.29, 0.717) is 17.7 Å². The van der Waals surface area contributed by atoms with E-state index < -0.39 is 36.0 Å². The fraction of sp³-hybridized carbons (Fsp3) is 0.500. The number of ether oxygens (including phenoxy) is 4. The second-order valence-electron chi connectivity index (χ2n) is 5.64. The summed E-state index contributed by atoms with van der Waals surface area (Å²) in [5, 5.41) is 0. The van der Waals surface area contributed by atoms with Crippen LogP contribution in [0.15, 0.2) is 24.3 Å². The van der Waals surface area contributed by atoms with Crippen molar-refractivity contribution in [1.29, 1.82) is 0 Å². The quantitative estimate of drug-likeness (QED) is 0.782. The molecule has 1 aromatic rings. The second kappa shape index (κ2) is 4.62. The van der Waals surface area contributed by atoms with Gasteiger partial charge in [0.25, 0.3) is 0 Å². The lowest BCUT2D eigenvalue weighted by Crippen LogP contribution is -2.43. The fourth-order valence-corrected chi connectivity index (χ4v) is 3.86. The summed E-state index contributed by atoms with van der Waals surface area (Å²) >= 11 is 0. The van der Waals surface area contributed by atoms with Crippen LogP contribution >= 0.6 is 0 Å². The molecule has 6 heteroatoms. The van der Waals surface area contributed by atoms with Gasteiger partial charge >= 0.3 is 5.97 Å². The van der Waals surface area contributed by atoms with Crippen LogP contribution in [0.2, 0.25) is 0 Å². The number of Topliss-reactive ketones (excluding diaryl/α,β-unsaturated/α-hetero) is 1. The van der Waals surface area contributed by atoms with E-state index in [1.807, 2.05) is 6.92 Å². The molecule has 3 aliphatic rings. The Morgan fingerprint density at radius 2 is 2.05 bits per heavy atom. The number of fused-ring (bicyclic) bond motifs is 7. The van der Waals surface area contributed by atoms with Crippen LogP contribution in [0.3, 0.4) is 0 Å². The van der Waals surface area contributed by atoms with Crippen LogP contribution in [-0.4, -0.2) is 37.9 Å². The number of carbonyl (C=O) groups excluding carboxylic acids is 2. The van der Waals surface area contributed by atoms with Crippen molar-refractivity contribution in [3.05, 3.63) is 35.4 Å². The summed E-state index contributed by atoms with van der Waals surface area (Å²) in [4.78, 5) is 25.1. The van der Waals surface area contributed by atoms with Crippen LogP contribution in [0, 0.1) is 11.8 Å². The van der Waals surface area contributed by atoms with Gasteiger partial charge in [0, 0.05) is 24.8 Å². The highest BCUT2D eigenvalue weighted by atomic mass is 16.7. The fourth-order valence-electron chi connectivity index (χ4n) is 3.86. The maximum atomic E-state index is 12.7. The van der Waals surface area contributed by atoms with Gasteiger partial charge in [-0.25, -0.2) is 0 Å². The van der Waals surface area contributed by atoms with Crippen molar-refractivity contribution >= 4 is 11.8 Å². The number of benzene rings is 1. The number of ketones is 1. The summed E-state index contributed by atoms with van der Waals surface area (Å²) in [5.74, 6) is -3.07. The molecule has 5 atom stereocenters. The normalized spacial score (nSPS) is 38.6. The maximum Gasteiger partial charge on any atom is 0.317 e. The van der Waals surface area contributed by atoms with Gasteiger partial charge in [0.15, 0.2) is 5.78 Å². The largest absolute Gasteiger partial charge is 0.435 e. The van der Waals surface area contributed by atoms with E-state index in [1.165, 1.54) is 7.11 Å². The predicted molar refractivity (Wildman–Crippen MR) is 72.8 cm³/mol. The van der Waals surface area contributed by atoms with Crippen molar-refractivity contribution in [3.8, 4) is 0 Å². The van der Waals surface area contributed by atoms with Gasteiger partial charge in [-0.3, -0.25) is 9.59 Å². The monoisotopic (exact) mass is 304 g/mol. The minimum absolute atomic E-state index is 0.154. The first-order valence-corrected chi connectivity index (χ1v) is 7.33. The van der Waals surface area contributed by atoms with Gasteiger partial charge in [-0.15, -0.1) is 0 Å². The van der Waals surface area contributed by atoms with Gasteiger partial charge in [0.1, 0.15) is 12.0 Å². The topological polar surface area (TPSA) is 71.1 Å². The van der Waals surface area contributed by atoms with Gasteiger partial charge in [0.05, 0.1) is 5.92 Å². The van der Waals surface area contributed by atoms with Gasteiger partial charge in [0.2, 0.25) is 12.1 Å². The van der Waals surface area contributed by atoms with Crippen LogP contribution < -0.4 is 0 Å². The molecule has 2 bridgehead atoms. The minimum Gasteiger partial charge on any atom is -0.435 e. The number of esters is 1. The van der Waals surface area contributed by atoms with E-state index >= 15 is 0 Å². The van der Waals surface area contributed by atoms with Crippen molar-refractivity contribution in [2.45, 2.75) is 25.1 Å². The summed E-state index contributed by atoms with van der Waals surface area (Å²) in [6.45, 7) is 2.20. The summed E-state index contributed by atoms with van der Waals surface area (Å²) in [6.07, 6.45) is -1.56. The molecule has 0 aromatic heterocycles. The SMILES string of the molecule is CCO[C@H]1OC(=O)[C@H]2[C@@H]1[C@H]1O[C@]2(OC)c2ccccc2C1=O. The lowest BCUT2D eigenvalue weighted by atomic mass is 9.86. The molecule has 3 aliphatic heterocycles. The summed E-state index contributed by atoms with van der Waals surface area (Å²) < 4.78 is 22.4. The number of rotatable bonds is 3. The Morgan fingerprint density at radius 3 is 2.77 bits per heavy atom. The maximum absolute atomic E-state index is 12.7. The highest BCUT2D eigenvalue weighted by molar-refractivity contribution is 6.04. The Morgan fingerprint density at radius 1 is 1.27 bits per heavy atom. The van der Waals surface area contributed by atoms with Crippen LogP contribution in [-0.2, 0) is 29.5 Å². The van der Waals surface area contributed by atoms with Crippen LogP contribution in [0.1, 0.15) is 22.8 Å². The molecule has 2 saturated heterocycles. The lowest BCUT2D eigenvalue weighted by Gasteiger charge is -2.35. The molecule has 4 rings (SSSR count). The number of hydrogen-bond acceptors (Lipinski definition) is 6. The molecule has 0 amide bonds. The number of carbonyl (C=O) groups is 2. The van der Waals surface area contributed by atoms with Crippen molar-refractivity contribution in [1.82, 2.24) is 0 Å². The van der Waals surface area contributed by atoms with Crippen molar-refractivity contribution in [2.75, 3.05) is 13.7 Å². The molecule has 0 radical (unpaired) electrons. The third kappa shape index (κ3) is 1.49. The zero-order valence-corrected chi connectivity index (χ0v) is 12.3. The van der Waals surface area contributed by atoms with E-state index in [9.17, 15) is 9.59 Å². The zero-order chi connectivity index (χ0) is 15.5. The molecule has 1 aromatic carbocycles. The predicted octanol–water partition coefficient (Wildman–Crippen LogP) is 1.23. The molecule has 0 aliphatic carbocycles. The van der Waals surface area contributed by atoms with Gasteiger partial charge in [-0.05, 0) is 6.92 Å². The molecule has 3 heterocycles.